The van der Waals surface area contributed by atoms with Gasteiger partial charge < -0.3 is 9.84 Å². The van der Waals surface area contributed by atoms with Gasteiger partial charge in [0.2, 0.25) is 0 Å². The van der Waals surface area contributed by atoms with Crippen molar-refractivity contribution in [2.75, 3.05) is 13.7 Å². The Bertz CT molecular complexity index is 293. The number of hydrogen-bond acceptors (Lipinski definition) is 4. The first-order valence-electron chi connectivity index (χ1n) is 4.54. The van der Waals surface area contributed by atoms with E-state index in [1.807, 2.05) is 6.07 Å². The lowest BCUT2D eigenvalue weighted by molar-refractivity contribution is 0.0601. The minimum absolute atomic E-state index is 0.231. The molecule has 0 aliphatic rings. The minimum atomic E-state index is -0.283. The molecule has 0 radical (unpaired) electrons. The van der Waals surface area contributed by atoms with Crippen molar-refractivity contribution in [2.45, 2.75) is 19.3 Å². The van der Waals surface area contributed by atoms with Crippen molar-refractivity contribution in [3.05, 3.63) is 21.9 Å². The molecular weight excluding hydrogens is 200 g/mol. The second-order valence-electron chi connectivity index (χ2n) is 2.97. The number of aliphatic hydroxyl groups is 1. The Balaban J connectivity index is 2.46. The molecule has 1 N–H and O–H groups in total. The molecule has 0 unspecified atom stereocenters. The summed E-state index contributed by atoms with van der Waals surface area (Å²) >= 11 is 1.56. The van der Waals surface area contributed by atoms with E-state index in [0.717, 1.165) is 19.3 Å². The van der Waals surface area contributed by atoms with E-state index in [2.05, 4.69) is 4.74 Å². The van der Waals surface area contributed by atoms with Crippen LogP contribution < -0.4 is 0 Å². The largest absolute Gasteiger partial charge is 0.465 e. The number of hydrogen-bond donors (Lipinski definition) is 1. The summed E-state index contributed by atoms with van der Waals surface area (Å²) in [6.45, 7) is 0.231. The van der Waals surface area contributed by atoms with Crippen LogP contribution in [0.25, 0.3) is 0 Å². The van der Waals surface area contributed by atoms with E-state index in [4.69, 9.17) is 5.11 Å². The number of carbonyl (C=O) groups excluding carboxylic acids is 1. The summed E-state index contributed by atoms with van der Waals surface area (Å²) < 4.78 is 4.60. The average Bonchev–Trinajstić information content (AvgIpc) is 2.66. The van der Waals surface area contributed by atoms with Crippen LogP contribution in [0.5, 0.6) is 0 Å². The number of unbranched alkanes of at least 4 members (excludes halogenated alkanes) is 1. The molecular formula is C10H14O3S. The Morgan fingerprint density at radius 2 is 2.36 bits per heavy atom. The van der Waals surface area contributed by atoms with Crippen LogP contribution in [-0.4, -0.2) is 24.8 Å². The number of esters is 1. The molecule has 1 aromatic heterocycles. The van der Waals surface area contributed by atoms with Crippen LogP contribution >= 0.6 is 11.3 Å². The predicted molar refractivity (Wildman–Crippen MR) is 55.7 cm³/mol. The van der Waals surface area contributed by atoms with Crippen molar-refractivity contribution < 1.29 is 14.6 Å². The Labute approximate surface area is 87.3 Å². The Hall–Kier alpha value is -0.870. The van der Waals surface area contributed by atoms with Crippen molar-refractivity contribution in [1.82, 2.24) is 0 Å². The standard InChI is InChI=1S/C10H14O3S/c1-13-10(12)8-6-9(14-7-8)4-2-3-5-11/h6-7,11H,2-5H2,1H3. The number of rotatable bonds is 5. The van der Waals surface area contributed by atoms with Crippen LogP contribution in [0, 0.1) is 0 Å². The number of ether oxygens (including phenoxy) is 1. The fourth-order valence-corrected chi connectivity index (χ4v) is 2.05. The topological polar surface area (TPSA) is 46.5 Å². The lowest BCUT2D eigenvalue weighted by Gasteiger charge is -1.94. The third-order valence-corrected chi connectivity index (χ3v) is 2.90. The van der Waals surface area contributed by atoms with Crippen molar-refractivity contribution >= 4 is 17.3 Å². The summed E-state index contributed by atoms with van der Waals surface area (Å²) in [5.74, 6) is -0.283. The summed E-state index contributed by atoms with van der Waals surface area (Å²) in [6.07, 6.45) is 2.69. The minimum Gasteiger partial charge on any atom is -0.465 e. The molecule has 0 bridgehead atoms. The maximum absolute atomic E-state index is 11.1. The third kappa shape index (κ3) is 3.12. The molecule has 0 aliphatic heterocycles. The maximum Gasteiger partial charge on any atom is 0.338 e. The number of aryl methyl sites for hydroxylation is 1. The summed E-state index contributed by atoms with van der Waals surface area (Å²) in [4.78, 5) is 12.3. The second-order valence-corrected chi connectivity index (χ2v) is 3.97. The van der Waals surface area contributed by atoms with Gasteiger partial charge in [0, 0.05) is 16.9 Å². The molecule has 78 valence electrons. The molecule has 4 heteroatoms. The van der Waals surface area contributed by atoms with Gasteiger partial charge in [-0.15, -0.1) is 11.3 Å². The summed E-state index contributed by atoms with van der Waals surface area (Å²) in [7, 11) is 1.38. The fraction of sp³-hybridized carbons (Fsp3) is 0.500. The molecule has 0 atom stereocenters. The van der Waals surface area contributed by atoms with Gasteiger partial charge in [0.15, 0.2) is 0 Å². The molecule has 1 rings (SSSR count). The van der Waals surface area contributed by atoms with Gasteiger partial charge in [0.1, 0.15) is 0 Å². The molecule has 0 saturated heterocycles. The van der Waals surface area contributed by atoms with E-state index >= 15 is 0 Å². The first kappa shape index (κ1) is 11.2. The molecule has 0 aliphatic carbocycles. The van der Waals surface area contributed by atoms with Gasteiger partial charge in [-0.25, -0.2) is 4.79 Å². The highest BCUT2D eigenvalue weighted by Gasteiger charge is 2.07. The molecule has 1 heterocycles. The zero-order chi connectivity index (χ0) is 10.4. The van der Waals surface area contributed by atoms with E-state index in [1.165, 1.54) is 12.0 Å². The molecule has 0 spiro atoms. The van der Waals surface area contributed by atoms with Crippen LogP contribution in [-0.2, 0) is 11.2 Å². The summed E-state index contributed by atoms with van der Waals surface area (Å²) in [6, 6.07) is 1.86. The highest BCUT2D eigenvalue weighted by Crippen LogP contribution is 2.17. The molecule has 14 heavy (non-hydrogen) atoms. The first-order chi connectivity index (χ1) is 6.77. The molecule has 1 aromatic rings. The van der Waals surface area contributed by atoms with Crippen molar-refractivity contribution in [2.24, 2.45) is 0 Å². The van der Waals surface area contributed by atoms with E-state index in [-0.39, 0.29) is 12.6 Å². The van der Waals surface area contributed by atoms with Crippen molar-refractivity contribution in [3.63, 3.8) is 0 Å². The maximum atomic E-state index is 11.1. The van der Waals surface area contributed by atoms with E-state index in [9.17, 15) is 4.79 Å². The van der Waals surface area contributed by atoms with Gasteiger partial charge in [0.05, 0.1) is 12.7 Å². The zero-order valence-corrected chi connectivity index (χ0v) is 8.97. The Kier molecular flexibility index (Phi) is 4.62. The highest BCUT2D eigenvalue weighted by atomic mass is 32.1. The van der Waals surface area contributed by atoms with E-state index in [1.54, 1.807) is 16.7 Å². The van der Waals surface area contributed by atoms with Gasteiger partial charge in [-0.3, -0.25) is 0 Å². The molecule has 0 aromatic carbocycles. The normalized spacial score (nSPS) is 10.1. The number of thiophene rings is 1. The smallest absolute Gasteiger partial charge is 0.338 e. The number of carbonyl (C=O) groups is 1. The van der Waals surface area contributed by atoms with Gasteiger partial charge in [0.25, 0.3) is 0 Å². The van der Waals surface area contributed by atoms with Gasteiger partial charge >= 0.3 is 5.97 Å². The monoisotopic (exact) mass is 214 g/mol. The summed E-state index contributed by atoms with van der Waals surface area (Å²) in [5, 5.41) is 10.4. The molecule has 0 fully saturated rings. The van der Waals surface area contributed by atoms with Crippen molar-refractivity contribution in [3.8, 4) is 0 Å². The Morgan fingerprint density at radius 1 is 1.57 bits per heavy atom. The molecule has 0 saturated carbocycles. The lowest BCUT2D eigenvalue weighted by atomic mass is 10.2. The molecule has 0 amide bonds. The number of methoxy groups -OCH3 is 1. The quantitative estimate of drug-likeness (QED) is 0.601. The zero-order valence-electron chi connectivity index (χ0n) is 8.16. The third-order valence-electron chi connectivity index (χ3n) is 1.91. The first-order valence-corrected chi connectivity index (χ1v) is 5.42. The van der Waals surface area contributed by atoms with E-state index in [0.29, 0.717) is 5.56 Å². The number of aliphatic hydroxyl groups excluding tert-OH is 1. The van der Waals surface area contributed by atoms with Gasteiger partial charge in [-0.05, 0) is 25.3 Å². The van der Waals surface area contributed by atoms with E-state index < -0.39 is 0 Å². The van der Waals surface area contributed by atoms with Gasteiger partial charge in [-0.2, -0.15) is 0 Å². The lowest BCUT2D eigenvalue weighted by Crippen LogP contribution is -1.98. The van der Waals surface area contributed by atoms with Crippen LogP contribution in [0.2, 0.25) is 0 Å². The molecule has 3 nitrogen and oxygen atoms in total. The second kappa shape index (κ2) is 5.78. The fourth-order valence-electron chi connectivity index (χ4n) is 1.15. The van der Waals surface area contributed by atoms with Crippen molar-refractivity contribution in [1.29, 1.82) is 0 Å². The van der Waals surface area contributed by atoms with Crippen LogP contribution in [0.15, 0.2) is 11.4 Å². The van der Waals surface area contributed by atoms with Crippen LogP contribution in [0.1, 0.15) is 28.1 Å². The SMILES string of the molecule is COC(=O)c1csc(CCCCO)c1. The highest BCUT2D eigenvalue weighted by molar-refractivity contribution is 7.10. The average molecular weight is 214 g/mol. The van der Waals surface area contributed by atoms with Gasteiger partial charge in [-0.1, -0.05) is 0 Å². The van der Waals surface area contributed by atoms with Crippen LogP contribution in [0.3, 0.4) is 0 Å². The Morgan fingerprint density at radius 3 is 3.00 bits per heavy atom. The summed E-state index contributed by atoms with van der Waals surface area (Å²) in [5.41, 5.74) is 0.622. The van der Waals surface area contributed by atoms with Crippen LogP contribution in [0.4, 0.5) is 0 Å². The predicted octanol–water partition coefficient (Wildman–Crippen LogP) is 1.85.